The molecule has 0 bridgehead atoms. The van der Waals surface area contributed by atoms with Crippen LogP contribution in [0.4, 0.5) is 9.59 Å². The lowest BCUT2D eigenvalue weighted by molar-refractivity contribution is -0.133. The zero-order valence-corrected chi connectivity index (χ0v) is 22.3. The summed E-state index contributed by atoms with van der Waals surface area (Å²) in [6.07, 6.45) is 4.18. The zero-order chi connectivity index (χ0) is 26.8. The molecule has 37 heavy (non-hydrogen) atoms. The Bertz CT molecular complexity index is 1060. The highest BCUT2D eigenvalue weighted by atomic mass is 16.6. The van der Waals surface area contributed by atoms with E-state index in [1.165, 1.54) is 10.5 Å². The molecular formula is C30H38N2O5. The first-order valence-electron chi connectivity index (χ1n) is 12.8. The molecule has 2 heterocycles. The number of carbonyl (C=O) groups is 3. The second-order valence-electron chi connectivity index (χ2n) is 10.4. The molecule has 2 unspecified atom stereocenters. The molecule has 2 aliphatic heterocycles. The van der Waals surface area contributed by atoms with Crippen molar-refractivity contribution in [2.24, 2.45) is 11.8 Å². The van der Waals surface area contributed by atoms with Crippen molar-refractivity contribution in [1.82, 2.24) is 9.80 Å². The predicted octanol–water partition coefficient (Wildman–Crippen LogP) is 5.94. The van der Waals surface area contributed by atoms with Crippen LogP contribution in [-0.4, -0.2) is 59.7 Å². The topological polar surface area (TPSA) is 76.2 Å². The van der Waals surface area contributed by atoms with Gasteiger partial charge in [-0.15, -0.1) is 0 Å². The molecule has 0 N–H and O–H groups in total. The molecule has 2 aliphatic rings. The summed E-state index contributed by atoms with van der Waals surface area (Å²) in [5, 5.41) is 0. The molecule has 0 radical (unpaired) electrons. The number of imide groups is 1. The third kappa shape index (κ3) is 8.77. The van der Waals surface area contributed by atoms with Crippen LogP contribution in [0.15, 0.2) is 66.7 Å². The minimum Gasteiger partial charge on any atom is -0.447 e. The van der Waals surface area contributed by atoms with E-state index in [9.17, 15) is 14.4 Å². The summed E-state index contributed by atoms with van der Waals surface area (Å²) < 4.78 is 10.4. The number of likely N-dealkylation sites (tertiary alicyclic amines) is 1. The van der Waals surface area contributed by atoms with E-state index in [-0.39, 0.29) is 31.1 Å². The SMILES string of the molecule is CC(C)(C)OC(=O)N1CCC(C(C/C=C/c2ccccc2)C(=O)N2CCOC2=O)C1.Cc1ccccc1. The molecule has 7 heteroatoms. The van der Waals surface area contributed by atoms with Gasteiger partial charge in [0.15, 0.2) is 0 Å². The largest absolute Gasteiger partial charge is 0.447 e. The van der Waals surface area contributed by atoms with Gasteiger partial charge in [-0.2, -0.15) is 0 Å². The van der Waals surface area contributed by atoms with Crippen molar-refractivity contribution in [3.63, 3.8) is 0 Å². The average Bonchev–Trinajstić information content (AvgIpc) is 3.51. The van der Waals surface area contributed by atoms with Crippen molar-refractivity contribution in [1.29, 1.82) is 0 Å². The highest BCUT2D eigenvalue weighted by Crippen LogP contribution is 2.30. The van der Waals surface area contributed by atoms with Gasteiger partial charge in [-0.3, -0.25) is 4.79 Å². The molecule has 198 valence electrons. The van der Waals surface area contributed by atoms with Crippen molar-refractivity contribution in [3.8, 4) is 0 Å². The number of benzene rings is 2. The van der Waals surface area contributed by atoms with Crippen LogP contribution in [-0.2, 0) is 14.3 Å². The fraction of sp³-hybridized carbons (Fsp3) is 0.433. The minimum absolute atomic E-state index is 0.0427. The van der Waals surface area contributed by atoms with E-state index in [4.69, 9.17) is 9.47 Å². The molecule has 0 saturated carbocycles. The molecule has 7 nitrogen and oxygen atoms in total. The van der Waals surface area contributed by atoms with Gasteiger partial charge in [0.1, 0.15) is 12.2 Å². The van der Waals surface area contributed by atoms with Gasteiger partial charge in [0.2, 0.25) is 5.91 Å². The van der Waals surface area contributed by atoms with E-state index in [1.807, 2.05) is 81.5 Å². The van der Waals surface area contributed by atoms with Crippen molar-refractivity contribution >= 4 is 24.2 Å². The highest BCUT2D eigenvalue weighted by molar-refractivity contribution is 5.94. The first kappa shape index (κ1) is 28.0. The molecule has 2 atom stereocenters. The minimum atomic E-state index is -0.584. The maximum absolute atomic E-state index is 13.1. The standard InChI is InChI=1S/C23H30N2O5.C7H8/c1-23(2,3)30-21(27)24-13-12-18(16-24)19(20(26)25-14-15-29-22(25)28)11-7-10-17-8-5-4-6-9-17;1-7-5-3-2-4-6-7/h4-10,18-19H,11-16H2,1-3H3;2-6H,1H3/b10-7+;. The van der Waals surface area contributed by atoms with Gasteiger partial charge in [0, 0.05) is 19.0 Å². The third-order valence-electron chi connectivity index (χ3n) is 6.23. The number of hydrogen-bond donors (Lipinski definition) is 0. The summed E-state index contributed by atoms with van der Waals surface area (Å²) in [5.41, 5.74) is 1.80. The summed E-state index contributed by atoms with van der Waals surface area (Å²) >= 11 is 0. The van der Waals surface area contributed by atoms with Crippen LogP contribution >= 0.6 is 0 Å². The van der Waals surface area contributed by atoms with Crippen molar-refractivity contribution in [3.05, 3.63) is 77.9 Å². The van der Waals surface area contributed by atoms with Crippen molar-refractivity contribution < 1.29 is 23.9 Å². The highest BCUT2D eigenvalue weighted by Gasteiger charge is 2.41. The summed E-state index contributed by atoms with van der Waals surface area (Å²) in [7, 11) is 0. The lowest BCUT2D eigenvalue weighted by Gasteiger charge is -2.26. The number of nitrogens with zero attached hydrogens (tertiary/aromatic N) is 2. The first-order valence-corrected chi connectivity index (χ1v) is 12.8. The van der Waals surface area contributed by atoms with Crippen molar-refractivity contribution in [2.45, 2.75) is 46.1 Å². The number of allylic oxidation sites excluding steroid dienone is 1. The van der Waals surface area contributed by atoms with Crippen LogP contribution in [0.2, 0.25) is 0 Å². The number of carbonyl (C=O) groups excluding carboxylic acids is 3. The second kappa shape index (κ2) is 13.1. The number of ether oxygens (including phenoxy) is 2. The Kier molecular flexibility index (Phi) is 9.89. The molecule has 0 spiro atoms. The van der Waals surface area contributed by atoms with Crippen LogP contribution < -0.4 is 0 Å². The molecule has 0 aliphatic carbocycles. The summed E-state index contributed by atoms with van der Waals surface area (Å²) in [6.45, 7) is 9.06. The fourth-order valence-corrected chi connectivity index (χ4v) is 4.35. The molecule has 4 rings (SSSR count). The average molecular weight is 507 g/mol. The smallest absolute Gasteiger partial charge is 0.416 e. The third-order valence-corrected chi connectivity index (χ3v) is 6.23. The van der Waals surface area contributed by atoms with Crippen LogP contribution in [0, 0.1) is 18.8 Å². The Morgan fingerprint density at radius 1 is 1.05 bits per heavy atom. The normalized spacial score (nSPS) is 18.3. The molecule has 0 aromatic heterocycles. The lowest BCUT2D eigenvalue weighted by Crippen LogP contribution is -2.41. The zero-order valence-electron chi connectivity index (χ0n) is 22.3. The van der Waals surface area contributed by atoms with Gasteiger partial charge >= 0.3 is 12.2 Å². The lowest BCUT2D eigenvalue weighted by atomic mass is 9.87. The Morgan fingerprint density at radius 3 is 2.24 bits per heavy atom. The van der Waals surface area contributed by atoms with Crippen LogP contribution in [0.1, 0.15) is 44.7 Å². The summed E-state index contributed by atoms with van der Waals surface area (Å²) in [5.74, 6) is -0.673. The maximum Gasteiger partial charge on any atom is 0.416 e. The van der Waals surface area contributed by atoms with Gasteiger partial charge in [-0.25, -0.2) is 14.5 Å². The Hall–Kier alpha value is -3.61. The molecule has 2 aromatic carbocycles. The van der Waals surface area contributed by atoms with Crippen LogP contribution in [0.3, 0.4) is 0 Å². The second-order valence-corrected chi connectivity index (χ2v) is 10.4. The Labute approximate surface area is 220 Å². The van der Waals surface area contributed by atoms with Crippen LogP contribution in [0.25, 0.3) is 6.08 Å². The number of cyclic esters (lactones) is 1. The molecular weight excluding hydrogens is 468 g/mol. The van der Waals surface area contributed by atoms with Gasteiger partial charge in [0.25, 0.3) is 0 Å². The number of hydrogen-bond acceptors (Lipinski definition) is 5. The molecule has 2 fully saturated rings. The molecule has 3 amide bonds. The molecule has 2 aromatic rings. The van der Waals surface area contributed by atoms with Gasteiger partial charge < -0.3 is 14.4 Å². The van der Waals surface area contributed by atoms with E-state index in [0.717, 1.165) is 5.56 Å². The van der Waals surface area contributed by atoms with Gasteiger partial charge in [0.05, 0.1) is 6.54 Å². The van der Waals surface area contributed by atoms with E-state index in [0.29, 0.717) is 25.9 Å². The molecule has 2 saturated heterocycles. The quantitative estimate of drug-likeness (QED) is 0.502. The fourth-order valence-electron chi connectivity index (χ4n) is 4.35. The van der Waals surface area contributed by atoms with E-state index in [1.54, 1.807) is 4.90 Å². The monoisotopic (exact) mass is 506 g/mol. The summed E-state index contributed by atoms with van der Waals surface area (Å²) in [6, 6.07) is 20.1. The number of amides is 3. The number of rotatable bonds is 5. The Balaban J connectivity index is 0.000000468. The number of aryl methyl sites for hydroxylation is 1. The van der Waals surface area contributed by atoms with Crippen molar-refractivity contribution in [2.75, 3.05) is 26.2 Å². The van der Waals surface area contributed by atoms with E-state index in [2.05, 4.69) is 19.1 Å². The maximum atomic E-state index is 13.1. The van der Waals surface area contributed by atoms with Gasteiger partial charge in [-0.05, 0) is 52.0 Å². The predicted molar refractivity (Wildman–Crippen MR) is 144 cm³/mol. The van der Waals surface area contributed by atoms with E-state index < -0.39 is 17.6 Å². The first-order chi connectivity index (χ1) is 17.6. The summed E-state index contributed by atoms with van der Waals surface area (Å²) in [4.78, 5) is 40.4. The van der Waals surface area contributed by atoms with E-state index >= 15 is 0 Å². The van der Waals surface area contributed by atoms with Gasteiger partial charge in [-0.1, -0.05) is 78.4 Å². The Morgan fingerprint density at radius 2 is 1.70 bits per heavy atom. The van der Waals surface area contributed by atoms with Crippen LogP contribution in [0.5, 0.6) is 0 Å².